The molecule has 0 unspecified atom stereocenters. The molecular weight excluding hydrogens is 282 g/mol. The lowest BCUT2D eigenvalue weighted by Crippen LogP contribution is -2.24. The topological polar surface area (TPSA) is 75.6 Å². The summed E-state index contributed by atoms with van der Waals surface area (Å²) < 4.78 is 5.19. The van der Waals surface area contributed by atoms with Crippen LogP contribution in [0.3, 0.4) is 0 Å². The van der Waals surface area contributed by atoms with Crippen molar-refractivity contribution in [2.45, 2.75) is 13.8 Å². The number of aromatic carboxylic acids is 1. The lowest BCUT2D eigenvalue weighted by Gasteiger charge is -2.20. The quantitative estimate of drug-likeness (QED) is 0.884. The van der Waals surface area contributed by atoms with E-state index >= 15 is 0 Å². The minimum absolute atomic E-state index is 0.0188. The fraction of sp³-hybridized carbons (Fsp3) is 0.312. The molecule has 0 atom stereocenters. The number of carbonyl (C=O) groups is 1. The molecule has 0 amide bonds. The van der Waals surface area contributed by atoms with Gasteiger partial charge in [-0.25, -0.2) is 14.8 Å². The Bertz CT molecular complexity index is 669. The number of benzene rings is 1. The summed E-state index contributed by atoms with van der Waals surface area (Å²) in [5.41, 5.74) is 0.700. The van der Waals surface area contributed by atoms with E-state index in [1.54, 1.807) is 13.2 Å². The number of rotatable bonds is 6. The lowest BCUT2D eigenvalue weighted by atomic mass is 10.2. The highest BCUT2D eigenvalue weighted by molar-refractivity contribution is 5.87. The average Bonchev–Trinajstić information content (AvgIpc) is 2.55. The first-order valence-corrected chi connectivity index (χ1v) is 7.10. The van der Waals surface area contributed by atoms with Gasteiger partial charge in [0.2, 0.25) is 0 Å². The van der Waals surface area contributed by atoms with E-state index in [1.807, 2.05) is 36.9 Å². The summed E-state index contributed by atoms with van der Waals surface area (Å²) in [7, 11) is 1.58. The zero-order chi connectivity index (χ0) is 16.1. The number of anilines is 1. The van der Waals surface area contributed by atoms with Crippen molar-refractivity contribution in [3.63, 3.8) is 0 Å². The number of nitrogens with zero attached hydrogens (tertiary/aromatic N) is 3. The van der Waals surface area contributed by atoms with Crippen LogP contribution in [0.4, 0.5) is 5.82 Å². The Balaban J connectivity index is 2.56. The fourth-order valence-corrected chi connectivity index (χ4v) is 2.14. The average molecular weight is 301 g/mol. The summed E-state index contributed by atoms with van der Waals surface area (Å²) in [5, 5.41) is 9.28. The molecule has 22 heavy (non-hydrogen) atoms. The van der Waals surface area contributed by atoms with Crippen LogP contribution in [-0.4, -0.2) is 41.2 Å². The van der Waals surface area contributed by atoms with Gasteiger partial charge in [0.1, 0.15) is 11.6 Å². The first-order chi connectivity index (χ1) is 10.6. The Morgan fingerprint density at radius 2 is 1.95 bits per heavy atom. The minimum Gasteiger partial charge on any atom is -0.497 e. The van der Waals surface area contributed by atoms with E-state index in [4.69, 9.17) is 4.74 Å². The number of hydrogen-bond donors (Lipinski definition) is 1. The highest BCUT2D eigenvalue weighted by atomic mass is 16.5. The van der Waals surface area contributed by atoms with E-state index in [2.05, 4.69) is 9.97 Å². The van der Waals surface area contributed by atoms with Crippen LogP contribution < -0.4 is 9.64 Å². The van der Waals surface area contributed by atoms with Crippen LogP contribution in [0.25, 0.3) is 11.4 Å². The number of aromatic nitrogens is 2. The Morgan fingerprint density at radius 1 is 1.23 bits per heavy atom. The molecule has 6 nitrogen and oxygen atoms in total. The van der Waals surface area contributed by atoms with Gasteiger partial charge in [-0.3, -0.25) is 0 Å². The molecule has 6 heteroatoms. The van der Waals surface area contributed by atoms with Gasteiger partial charge in [-0.15, -0.1) is 0 Å². The van der Waals surface area contributed by atoms with Crippen molar-refractivity contribution >= 4 is 11.8 Å². The third-order valence-corrected chi connectivity index (χ3v) is 3.35. The Labute approximate surface area is 129 Å². The van der Waals surface area contributed by atoms with Gasteiger partial charge in [0.15, 0.2) is 11.5 Å². The molecule has 0 aliphatic rings. The van der Waals surface area contributed by atoms with Crippen molar-refractivity contribution in [1.82, 2.24) is 9.97 Å². The molecule has 1 N–H and O–H groups in total. The molecule has 0 radical (unpaired) electrons. The molecule has 1 heterocycles. The van der Waals surface area contributed by atoms with Crippen LogP contribution in [0.5, 0.6) is 5.75 Å². The highest BCUT2D eigenvalue weighted by Crippen LogP contribution is 2.23. The van der Waals surface area contributed by atoms with E-state index in [-0.39, 0.29) is 5.69 Å². The van der Waals surface area contributed by atoms with Gasteiger partial charge in [-0.1, -0.05) is 12.1 Å². The Hall–Kier alpha value is -2.63. The maximum Gasteiger partial charge on any atom is 0.354 e. The van der Waals surface area contributed by atoms with Gasteiger partial charge in [0.25, 0.3) is 0 Å². The van der Waals surface area contributed by atoms with Gasteiger partial charge in [0, 0.05) is 24.7 Å². The lowest BCUT2D eigenvalue weighted by molar-refractivity contribution is 0.0690. The summed E-state index contributed by atoms with van der Waals surface area (Å²) >= 11 is 0. The number of ether oxygens (including phenoxy) is 1. The van der Waals surface area contributed by atoms with Crippen LogP contribution in [0.2, 0.25) is 0 Å². The van der Waals surface area contributed by atoms with E-state index in [9.17, 15) is 9.90 Å². The number of carboxylic acid groups (broad SMARTS) is 1. The molecule has 2 aromatic rings. The number of carboxylic acids is 1. The van der Waals surface area contributed by atoms with Gasteiger partial charge < -0.3 is 14.7 Å². The largest absolute Gasteiger partial charge is 0.497 e. The molecule has 0 saturated heterocycles. The van der Waals surface area contributed by atoms with E-state index in [1.165, 1.54) is 6.07 Å². The standard InChI is InChI=1S/C16H19N3O3/c1-4-19(5-2)14-10-13(16(20)21)17-15(18-14)11-7-6-8-12(9-11)22-3/h6-10H,4-5H2,1-3H3,(H,20,21). The van der Waals surface area contributed by atoms with Gasteiger partial charge in [-0.05, 0) is 26.0 Å². The van der Waals surface area contributed by atoms with Crippen LogP contribution in [0.1, 0.15) is 24.3 Å². The van der Waals surface area contributed by atoms with Crippen molar-refractivity contribution in [3.8, 4) is 17.1 Å². The van der Waals surface area contributed by atoms with Crippen LogP contribution in [-0.2, 0) is 0 Å². The first-order valence-electron chi connectivity index (χ1n) is 7.10. The Morgan fingerprint density at radius 3 is 2.55 bits per heavy atom. The van der Waals surface area contributed by atoms with Gasteiger partial charge in [0.05, 0.1) is 7.11 Å². The molecule has 0 aliphatic heterocycles. The fourth-order valence-electron chi connectivity index (χ4n) is 2.14. The van der Waals surface area contributed by atoms with E-state index in [0.717, 1.165) is 18.7 Å². The molecule has 0 spiro atoms. The highest BCUT2D eigenvalue weighted by Gasteiger charge is 2.15. The summed E-state index contributed by atoms with van der Waals surface area (Å²) in [5.74, 6) is 0.585. The molecule has 2 rings (SSSR count). The zero-order valence-corrected chi connectivity index (χ0v) is 12.9. The molecule has 0 fully saturated rings. The first kappa shape index (κ1) is 15.8. The maximum atomic E-state index is 11.3. The minimum atomic E-state index is -1.07. The second kappa shape index (κ2) is 6.89. The van der Waals surface area contributed by atoms with Crippen molar-refractivity contribution in [2.75, 3.05) is 25.1 Å². The second-order valence-electron chi connectivity index (χ2n) is 4.64. The number of hydrogen-bond acceptors (Lipinski definition) is 5. The van der Waals surface area contributed by atoms with Crippen LogP contribution in [0.15, 0.2) is 30.3 Å². The van der Waals surface area contributed by atoms with Crippen molar-refractivity contribution in [2.24, 2.45) is 0 Å². The predicted octanol–water partition coefficient (Wildman–Crippen LogP) is 2.70. The maximum absolute atomic E-state index is 11.3. The SMILES string of the molecule is CCN(CC)c1cc(C(=O)O)nc(-c2cccc(OC)c2)n1. The summed E-state index contributed by atoms with van der Waals surface area (Å²) in [4.78, 5) is 21.9. The van der Waals surface area contributed by atoms with Gasteiger partial charge >= 0.3 is 5.97 Å². The number of methoxy groups -OCH3 is 1. The molecular formula is C16H19N3O3. The third-order valence-electron chi connectivity index (χ3n) is 3.35. The van der Waals surface area contributed by atoms with Gasteiger partial charge in [-0.2, -0.15) is 0 Å². The smallest absolute Gasteiger partial charge is 0.354 e. The van der Waals surface area contributed by atoms with E-state index < -0.39 is 5.97 Å². The van der Waals surface area contributed by atoms with Crippen LogP contribution >= 0.6 is 0 Å². The molecule has 0 aliphatic carbocycles. The molecule has 0 bridgehead atoms. The summed E-state index contributed by atoms with van der Waals surface area (Å²) in [6.07, 6.45) is 0. The molecule has 116 valence electrons. The summed E-state index contributed by atoms with van der Waals surface area (Å²) in [6, 6.07) is 8.75. The monoisotopic (exact) mass is 301 g/mol. The van der Waals surface area contributed by atoms with Crippen LogP contribution in [0, 0.1) is 0 Å². The van der Waals surface area contributed by atoms with Crippen molar-refractivity contribution in [3.05, 3.63) is 36.0 Å². The normalized spacial score (nSPS) is 10.3. The molecule has 1 aromatic carbocycles. The van der Waals surface area contributed by atoms with Crippen molar-refractivity contribution < 1.29 is 14.6 Å². The second-order valence-corrected chi connectivity index (χ2v) is 4.64. The third kappa shape index (κ3) is 3.33. The van der Waals surface area contributed by atoms with E-state index in [0.29, 0.717) is 17.4 Å². The molecule has 1 aromatic heterocycles. The summed E-state index contributed by atoms with van der Waals surface area (Å²) in [6.45, 7) is 5.47. The zero-order valence-electron chi connectivity index (χ0n) is 12.9. The molecule has 0 saturated carbocycles. The Kier molecular flexibility index (Phi) is 4.93. The predicted molar refractivity (Wildman–Crippen MR) is 84.5 cm³/mol. The van der Waals surface area contributed by atoms with Crippen molar-refractivity contribution in [1.29, 1.82) is 0 Å².